The Morgan fingerprint density at radius 2 is 1.79 bits per heavy atom. The molecule has 1 amide bonds. The summed E-state index contributed by atoms with van der Waals surface area (Å²) < 4.78 is 1.29. The van der Waals surface area contributed by atoms with Crippen LogP contribution in [0, 0.1) is 0 Å². The highest BCUT2D eigenvalue weighted by atomic mass is 32.2. The van der Waals surface area contributed by atoms with E-state index >= 15 is 0 Å². The molecule has 0 saturated heterocycles. The summed E-state index contributed by atoms with van der Waals surface area (Å²) in [7, 11) is 0. The molecule has 0 saturated carbocycles. The Morgan fingerprint density at radius 1 is 1.06 bits per heavy atom. The third-order valence-corrected chi connectivity index (χ3v) is 6.11. The van der Waals surface area contributed by atoms with Gasteiger partial charge in [0.05, 0.1) is 17.5 Å². The molecular weight excluding hydrogens is 434 g/mol. The van der Waals surface area contributed by atoms with Crippen molar-refractivity contribution < 1.29 is 4.79 Å². The van der Waals surface area contributed by atoms with Crippen LogP contribution in [-0.4, -0.2) is 32.2 Å². The monoisotopic (exact) mass is 459 g/mol. The molecule has 9 heteroatoms. The minimum absolute atomic E-state index is 0.0836. The van der Waals surface area contributed by atoms with Crippen LogP contribution in [0.4, 0.5) is 5.95 Å². The molecular formula is C24H25N7OS. The van der Waals surface area contributed by atoms with E-state index in [0.717, 1.165) is 22.2 Å². The number of anilines is 1. The van der Waals surface area contributed by atoms with Gasteiger partial charge in [-0.3, -0.25) is 4.79 Å². The third kappa shape index (κ3) is 5.50. The van der Waals surface area contributed by atoms with Gasteiger partial charge in [-0.1, -0.05) is 78.5 Å². The molecule has 0 radical (unpaired) electrons. The smallest absolute Gasteiger partial charge is 0.264 e. The minimum Gasteiger partial charge on any atom is -0.349 e. The van der Waals surface area contributed by atoms with Crippen molar-refractivity contribution in [1.29, 1.82) is 0 Å². The SMILES string of the molecule is C/C(=N\Nc1nnc(SCC(=O)NC(C)c2ccccc2)n1N)c1ccc2ccccc2c1. The third-order valence-electron chi connectivity index (χ3n) is 5.16. The molecule has 4 rings (SSSR count). The molecule has 4 aromatic rings. The van der Waals surface area contributed by atoms with Gasteiger partial charge in [0, 0.05) is 0 Å². The summed E-state index contributed by atoms with van der Waals surface area (Å²) in [6.45, 7) is 3.85. The zero-order chi connectivity index (χ0) is 23.2. The maximum atomic E-state index is 12.3. The number of rotatable bonds is 8. The number of hydrazone groups is 1. The van der Waals surface area contributed by atoms with E-state index in [1.807, 2.05) is 62.4 Å². The van der Waals surface area contributed by atoms with Gasteiger partial charge >= 0.3 is 0 Å². The standard InChI is InChI=1S/C24H25N7OS/c1-16(18-8-4-3-5-9-18)26-22(32)15-33-24-30-29-23(31(24)25)28-27-17(2)20-13-12-19-10-6-7-11-21(19)14-20/h3-14,16H,15,25H2,1-2H3,(H,26,32)(H,28,29)/b27-17+. The predicted molar refractivity (Wildman–Crippen MR) is 134 cm³/mol. The number of benzene rings is 3. The molecule has 0 aliphatic rings. The van der Waals surface area contributed by atoms with Gasteiger partial charge in [0.1, 0.15) is 0 Å². The molecule has 168 valence electrons. The number of amides is 1. The van der Waals surface area contributed by atoms with Crippen molar-refractivity contribution >= 4 is 40.1 Å². The molecule has 33 heavy (non-hydrogen) atoms. The molecule has 0 aliphatic carbocycles. The second kappa shape index (κ2) is 10.2. The summed E-state index contributed by atoms with van der Waals surface area (Å²) in [6.07, 6.45) is 0. The van der Waals surface area contributed by atoms with Gasteiger partial charge in [-0.05, 0) is 41.8 Å². The predicted octanol–water partition coefficient (Wildman–Crippen LogP) is 3.95. The first-order valence-corrected chi connectivity index (χ1v) is 11.5. The second-order valence-corrected chi connectivity index (χ2v) is 8.48. The fourth-order valence-electron chi connectivity index (χ4n) is 3.30. The lowest BCUT2D eigenvalue weighted by Crippen LogP contribution is -2.28. The Hall–Kier alpha value is -3.85. The fraction of sp³-hybridized carbons (Fsp3) is 0.167. The van der Waals surface area contributed by atoms with Crippen molar-refractivity contribution in [3.05, 3.63) is 83.9 Å². The van der Waals surface area contributed by atoms with Gasteiger partial charge in [-0.2, -0.15) is 5.10 Å². The number of hydrogen-bond donors (Lipinski definition) is 3. The highest BCUT2D eigenvalue weighted by molar-refractivity contribution is 7.99. The van der Waals surface area contributed by atoms with E-state index in [1.165, 1.54) is 21.8 Å². The Labute approximate surface area is 196 Å². The van der Waals surface area contributed by atoms with E-state index in [9.17, 15) is 4.79 Å². The van der Waals surface area contributed by atoms with Gasteiger partial charge in [0.15, 0.2) is 0 Å². The maximum Gasteiger partial charge on any atom is 0.264 e. The lowest BCUT2D eigenvalue weighted by atomic mass is 10.0. The topological polar surface area (TPSA) is 110 Å². The molecule has 0 aliphatic heterocycles. The first-order valence-electron chi connectivity index (χ1n) is 10.5. The number of thioether (sulfide) groups is 1. The number of hydrogen-bond acceptors (Lipinski definition) is 7. The van der Waals surface area contributed by atoms with Gasteiger partial charge in [0.2, 0.25) is 11.1 Å². The Balaban J connectivity index is 1.34. The second-order valence-electron chi connectivity index (χ2n) is 7.54. The summed E-state index contributed by atoms with van der Waals surface area (Å²) in [5.74, 6) is 6.44. The summed E-state index contributed by atoms with van der Waals surface area (Å²) in [6, 6.07) is 24.0. The summed E-state index contributed by atoms with van der Waals surface area (Å²) in [5, 5.41) is 18.2. The fourth-order valence-corrected chi connectivity index (χ4v) is 3.97. The molecule has 0 fully saturated rings. The first-order chi connectivity index (χ1) is 16.0. The molecule has 3 aromatic carbocycles. The van der Waals surface area contributed by atoms with Crippen molar-refractivity contribution in [2.45, 2.75) is 25.0 Å². The highest BCUT2D eigenvalue weighted by Gasteiger charge is 2.14. The molecule has 1 aromatic heterocycles. The molecule has 0 spiro atoms. The average Bonchev–Trinajstić information content (AvgIpc) is 3.20. The number of carbonyl (C=O) groups is 1. The van der Waals surface area contributed by atoms with Crippen LogP contribution in [0.1, 0.15) is 31.0 Å². The van der Waals surface area contributed by atoms with Crippen LogP contribution >= 0.6 is 11.8 Å². The zero-order valence-electron chi connectivity index (χ0n) is 18.4. The van der Waals surface area contributed by atoms with E-state index in [0.29, 0.717) is 5.16 Å². The summed E-state index contributed by atoms with van der Waals surface area (Å²) in [5.41, 5.74) is 5.68. The van der Waals surface area contributed by atoms with Crippen molar-refractivity contribution in [1.82, 2.24) is 20.2 Å². The number of fused-ring (bicyclic) bond motifs is 1. The number of nitrogens with two attached hydrogens (primary N) is 1. The van der Waals surface area contributed by atoms with Crippen LogP contribution in [0.5, 0.6) is 0 Å². The van der Waals surface area contributed by atoms with Crippen molar-refractivity contribution in [3.63, 3.8) is 0 Å². The zero-order valence-corrected chi connectivity index (χ0v) is 19.2. The Kier molecular flexibility index (Phi) is 6.89. The number of nitrogen functional groups attached to an aromatic ring is 1. The van der Waals surface area contributed by atoms with E-state index in [2.05, 4.69) is 50.3 Å². The molecule has 8 nitrogen and oxygen atoms in total. The molecule has 4 N–H and O–H groups in total. The number of nitrogens with zero attached hydrogens (tertiary/aromatic N) is 4. The van der Waals surface area contributed by atoms with Gasteiger partial charge in [-0.15, -0.1) is 10.2 Å². The molecule has 0 bridgehead atoms. The molecule has 1 unspecified atom stereocenters. The van der Waals surface area contributed by atoms with Gasteiger partial charge in [0.25, 0.3) is 5.95 Å². The normalized spacial score (nSPS) is 12.5. The largest absolute Gasteiger partial charge is 0.349 e. The Bertz CT molecular complexity index is 1290. The van der Waals surface area contributed by atoms with Crippen LogP contribution in [-0.2, 0) is 4.79 Å². The molecule has 1 heterocycles. The summed E-state index contributed by atoms with van der Waals surface area (Å²) in [4.78, 5) is 12.3. The van der Waals surface area contributed by atoms with E-state index in [1.54, 1.807) is 0 Å². The molecule has 1 atom stereocenters. The van der Waals surface area contributed by atoms with E-state index in [4.69, 9.17) is 5.84 Å². The van der Waals surface area contributed by atoms with Crippen LogP contribution in [0.3, 0.4) is 0 Å². The maximum absolute atomic E-state index is 12.3. The van der Waals surface area contributed by atoms with Crippen molar-refractivity contribution in [2.24, 2.45) is 5.10 Å². The van der Waals surface area contributed by atoms with Crippen LogP contribution in [0.15, 0.2) is 83.1 Å². The van der Waals surface area contributed by atoms with Gasteiger partial charge < -0.3 is 11.2 Å². The Morgan fingerprint density at radius 3 is 2.58 bits per heavy atom. The van der Waals surface area contributed by atoms with Crippen LogP contribution < -0.4 is 16.6 Å². The first kappa shape index (κ1) is 22.3. The highest BCUT2D eigenvalue weighted by Crippen LogP contribution is 2.19. The number of nitrogens with one attached hydrogen (secondary N) is 2. The van der Waals surface area contributed by atoms with Crippen LogP contribution in [0.2, 0.25) is 0 Å². The summed E-state index contributed by atoms with van der Waals surface area (Å²) >= 11 is 1.21. The van der Waals surface area contributed by atoms with Crippen molar-refractivity contribution in [3.8, 4) is 0 Å². The number of aromatic nitrogens is 3. The minimum atomic E-state index is -0.112. The lowest BCUT2D eigenvalue weighted by Gasteiger charge is -2.13. The van der Waals surface area contributed by atoms with E-state index in [-0.39, 0.29) is 23.7 Å². The quantitative estimate of drug-likeness (QED) is 0.159. The van der Waals surface area contributed by atoms with Gasteiger partial charge in [-0.25, -0.2) is 10.1 Å². The van der Waals surface area contributed by atoms with Crippen LogP contribution in [0.25, 0.3) is 10.8 Å². The lowest BCUT2D eigenvalue weighted by molar-refractivity contribution is -0.119. The van der Waals surface area contributed by atoms with E-state index < -0.39 is 0 Å². The average molecular weight is 460 g/mol. The number of carbonyl (C=O) groups excluding carboxylic acids is 1. The van der Waals surface area contributed by atoms with Crippen molar-refractivity contribution in [2.75, 3.05) is 17.0 Å².